The number of fused-ring (bicyclic) bond motifs is 3. The van der Waals surface area contributed by atoms with Gasteiger partial charge in [-0.1, -0.05) is 36.4 Å². The van der Waals surface area contributed by atoms with Crippen LogP contribution in [0, 0.1) is 5.92 Å². The smallest absolute Gasteiger partial charge is 0.253 e. The number of methoxy groups -OCH3 is 1. The minimum Gasteiger partial charge on any atom is -0.496 e. The molecular formula is C21H21N3O3. The molecule has 2 aromatic rings. The highest BCUT2D eigenvalue weighted by Gasteiger charge is 2.63. The highest BCUT2D eigenvalue weighted by Crippen LogP contribution is 2.50. The molecule has 0 spiro atoms. The van der Waals surface area contributed by atoms with Gasteiger partial charge in [0.2, 0.25) is 5.91 Å². The summed E-state index contributed by atoms with van der Waals surface area (Å²) in [6.45, 7) is 1.65. The van der Waals surface area contributed by atoms with Crippen molar-refractivity contribution < 1.29 is 14.3 Å². The van der Waals surface area contributed by atoms with E-state index in [1.54, 1.807) is 7.11 Å². The van der Waals surface area contributed by atoms with Crippen molar-refractivity contribution in [3.63, 3.8) is 0 Å². The molecule has 5 rings (SSSR count). The Kier molecular flexibility index (Phi) is 3.77. The average molecular weight is 363 g/mol. The molecule has 3 atom stereocenters. The lowest BCUT2D eigenvalue weighted by Crippen LogP contribution is -2.44. The van der Waals surface area contributed by atoms with Gasteiger partial charge in [0.05, 0.1) is 24.8 Å². The third kappa shape index (κ3) is 2.27. The molecule has 0 aliphatic carbocycles. The maximum Gasteiger partial charge on any atom is 0.253 e. The van der Waals surface area contributed by atoms with Gasteiger partial charge in [0.1, 0.15) is 11.8 Å². The van der Waals surface area contributed by atoms with E-state index in [1.165, 1.54) is 4.90 Å². The lowest BCUT2D eigenvalue weighted by atomic mass is 9.89. The normalized spacial score (nSPS) is 27.9. The predicted molar refractivity (Wildman–Crippen MR) is 100.0 cm³/mol. The molecule has 0 bridgehead atoms. The van der Waals surface area contributed by atoms with Gasteiger partial charge in [-0.15, -0.1) is 0 Å². The lowest BCUT2D eigenvalue weighted by Gasteiger charge is -2.30. The van der Waals surface area contributed by atoms with E-state index in [2.05, 4.69) is 10.0 Å². The van der Waals surface area contributed by atoms with Crippen molar-refractivity contribution in [2.45, 2.75) is 18.5 Å². The molecule has 6 heteroatoms. The van der Waals surface area contributed by atoms with Crippen LogP contribution in [0.5, 0.6) is 5.75 Å². The molecular weight excluding hydrogens is 342 g/mol. The summed E-state index contributed by atoms with van der Waals surface area (Å²) in [6.07, 6.45) is 0.988. The van der Waals surface area contributed by atoms with Crippen LogP contribution >= 0.6 is 0 Å². The third-order valence-electron chi connectivity index (χ3n) is 5.88. The van der Waals surface area contributed by atoms with E-state index < -0.39 is 12.0 Å². The number of ether oxygens (including phenoxy) is 1. The standard InChI is InChI=1S/C21H21N3O3/c1-27-16-11-6-5-10-15(16)18-17-19(23-13-7-12-22(18)23)21(26)24(20(17)25)14-8-3-2-4-9-14/h2-6,8-11,17-19H,7,12-13H2,1H3/t17-,18+,19+/m1/s1. The largest absolute Gasteiger partial charge is 0.496 e. The molecule has 2 amide bonds. The van der Waals surface area contributed by atoms with Gasteiger partial charge in [0.15, 0.2) is 0 Å². The Bertz CT molecular complexity index is 901. The zero-order chi connectivity index (χ0) is 18.5. The van der Waals surface area contributed by atoms with Crippen LogP contribution in [0.4, 0.5) is 5.69 Å². The lowest BCUT2D eigenvalue weighted by molar-refractivity contribution is -0.126. The summed E-state index contributed by atoms with van der Waals surface area (Å²) in [5.74, 6) is 0.0877. The number of rotatable bonds is 3. The fourth-order valence-corrected chi connectivity index (χ4v) is 4.83. The quantitative estimate of drug-likeness (QED) is 0.783. The molecule has 2 aromatic carbocycles. The Balaban J connectivity index is 1.62. The van der Waals surface area contributed by atoms with Crippen LogP contribution in [0.1, 0.15) is 18.0 Å². The first-order valence-electron chi connectivity index (χ1n) is 9.31. The maximum absolute atomic E-state index is 13.4. The Morgan fingerprint density at radius 3 is 2.26 bits per heavy atom. The van der Waals surface area contributed by atoms with E-state index >= 15 is 0 Å². The maximum atomic E-state index is 13.4. The van der Waals surface area contributed by atoms with E-state index in [0.717, 1.165) is 30.8 Å². The van der Waals surface area contributed by atoms with Crippen molar-refractivity contribution in [3.8, 4) is 5.75 Å². The molecule has 0 radical (unpaired) electrons. The van der Waals surface area contributed by atoms with Gasteiger partial charge >= 0.3 is 0 Å². The van der Waals surface area contributed by atoms with Gasteiger partial charge in [0, 0.05) is 18.7 Å². The molecule has 0 aromatic heterocycles. The van der Waals surface area contributed by atoms with Gasteiger partial charge < -0.3 is 4.74 Å². The van der Waals surface area contributed by atoms with Gasteiger partial charge in [0.25, 0.3) is 5.91 Å². The van der Waals surface area contributed by atoms with Gasteiger partial charge in [-0.2, -0.15) is 0 Å². The van der Waals surface area contributed by atoms with Crippen molar-refractivity contribution in [1.29, 1.82) is 0 Å². The van der Waals surface area contributed by atoms with Crippen LogP contribution in [0.25, 0.3) is 0 Å². The number of amides is 2. The zero-order valence-corrected chi connectivity index (χ0v) is 15.1. The van der Waals surface area contributed by atoms with Crippen LogP contribution in [0.3, 0.4) is 0 Å². The third-order valence-corrected chi connectivity index (χ3v) is 5.88. The number of anilines is 1. The number of hydrogen-bond donors (Lipinski definition) is 0. The number of benzene rings is 2. The molecule has 0 unspecified atom stereocenters. The molecule has 0 N–H and O–H groups in total. The number of para-hydroxylation sites is 2. The molecule has 3 saturated heterocycles. The minimum atomic E-state index is -0.435. The molecule has 6 nitrogen and oxygen atoms in total. The topological polar surface area (TPSA) is 53.1 Å². The van der Waals surface area contributed by atoms with Crippen molar-refractivity contribution in [1.82, 2.24) is 10.0 Å². The Hall–Kier alpha value is -2.70. The highest BCUT2D eigenvalue weighted by atomic mass is 16.5. The van der Waals surface area contributed by atoms with E-state index in [-0.39, 0.29) is 17.9 Å². The summed E-state index contributed by atoms with van der Waals surface area (Å²) < 4.78 is 5.57. The molecule has 27 heavy (non-hydrogen) atoms. The molecule has 3 aliphatic rings. The molecule has 0 saturated carbocycles. The summed E-state index contributed by atoms with van der Waals surface area (Å²) in [4.78, 5) is 28.1. The second-order valence-corrected chi connectivity index (χ2v) is 7.18. The first-order chi connectivity index (χ1) is 13.2. The van der Waals surface area contributed by atoms with Crippen molar-refractivity contribution in [2.24, 2.45) is 5.92 Å². The number of carbonyl (C=O) groups excluding carboxylic acids is 2. The SMILES string of the molecule is COc1ccccc1[C@H]1[C@H]2C(=O)N(c3ccccc3)C(=O)[C@H]2N2CCCN12. The number of hydrogen-bond acceptors (Lipinski definition) is 5. The van der Waals surface area contributed by atoms with Crippen molar-refractivity contribution in [2.75, 3.05) is 25.1 Å². The molecule has 3 aliphatic heterocycles. The minimum absolute atomic E-state index is 0.124. The fourth-order valence-electron chi connectivity index (χ4n) is 4.83. The number of hydrazine groups is 1. The van der Waals surface area contributed by atoms with E-state index in [1.807, 2.05) is 54.6 Å². The average Bonchev–Trinajstić information content (AvgIpc) is 3.34. The highest BCUT2D eigenvalue weighted by molar-refractivity contribution is 6.24. The van der Waals surface area contributed by atoms with Crippen LogP contribution < -0.4 is 9.64 Å². The summed E-state index contributed by atoms with van der Waals surface area (Å²) in [5, 5.41) is 4.30. The van der Waals surface area contributed by atoms with Crippen LogP contribution in [0.2, 0.25) is 0 Å². The summed E-state index contributed by atoms with van der Waals surface area (Å²) in [7, 11) is 1.64. The Morgan fingerprint density at radius 1 is 0.852 bits per heavy atom. The van der Waals surface area contributed by atoms with Crippen molar-refractivity contribution >= 4 is 17.5 Å². The van der Waals surface area contributed by atoms with Gasteiger partial charge in [-0.3, -0.25) is 9.59 Å². The second-order valence-electron chi connectivity index (χ2n) is 7.18. The van der Waals surface area contributed by atoms with E-state index in [9.17, 15) is 9.59 Å². The van der Waals surface area contributed by atoms with Crippen LogP contribution in [-0.4, -0.2) is 48.1 Å². The first-order valence-corrected chi connectivity index (χ1v) is 9.31. The van der Waals surface area contributed by atoms with Gasteiger partial charge in [-0.05, 0) is 24.6 Å². The summed E-state index contributed by atoms with van der Waals surface area (Å²) in [6, 6.07) is 16.4. The summed E-state index contributed by atoms with van der Waals surface area (Å²) in [5.41, 5.74) is 1.61. The first kappa shape index (κ1) is 16.5. The monoisotopic (exact) mass is 363 g/mol. The van der Waals surface area contributed by atoms with Crippen LogP contribution in [0.15, 0.2) is 54.6 Å². The molecule has 138 valence electrons. The second kappa shape index (κ2) is 6.18. The van der Waals surface area contributed by atoms with E-state index in [4.69, 9.17) is 4.74 Å². The van der Waals surface area contributed by atoms with E-state index in [0.29, 0.717) is 5.69 Å². The number of nitrogens with zero attached hydrogens (tertiary/aromatic N) is 3. The van der Waals surface area contributed by atoms with Crippen molar-refractivity contribution in [3.05, 3.63) is 60.2 Å². The molecule has 3 fully saturated rings. The predicted octanol–water partition coefficient (Wildman–Crippen LogP) is 2.23. The Morgan fingerprint density at radius 2 is 1.52 bits per heavy atom. The van der Waals surface area contributed by atoms with Crippen LogP contribution in [-0.2, 0) is 9.59 Å². The molecule has 3 heterocycles. The fraction of sp³-hybridized carbons (Fsp3) is 0.333. The number of imide groups is 1. The number of carbonyl (C=O) groups is 2. The Labute approximate surface area is 157 Å². The zero-order valence-electron chi connectivity index (χ0n) is 15.1. The van der Waals surface area contributed by atoms with Gasteiger partial charge in [-0.25, -0.2) is 14.9 Å². The summed E-state index contributed by atoms with van der Waals surface area (Å²) >= 11 is 0.